The van der Waals surface area contributed by atoms with Crippen LogP contribution in [0, 0.1) is 0 Å². The molecule has 0 rings (SSSR count). The molecule has 0 amide bonds. The molecule has 0 fully saturated rings. The van der Waals surface area contributed by atoms with Crippen LogP contribution in [0.4, 0.5) is 0 Å². The standard InChI is InChI=1S/C15H32BrN.C3H9N/c1-2-3-4-5-6-7-8-9-10-11-12-13-14-15-17-16;1-4(2)3/h17H,2-15H2,1H3;1-3H3. The van der Waals surface area contributed by atoms with Gasteiger partial charge in [-0.15, -0.1) is 0 Å². The van der Waals surface area contributed by atoms with E-state index in [2.05, 4.69) is 27.4 Å². The summed E-state index contributed by atoms with van der Waals surface area (Å²) in [5.74, 6) is 0. The molecule has 2 nitrogen and oxygen atoms in total. The summed E-state index contributed by atoms with van der Waals surface area (Å²) in [6, 6.07) is 0. The molecule has 0 aliphatic heterocycles. The molecule has 0 aromatic carbocycles. The van der Waals surface area contributed by atoms with Gasteiger partial charge >= 0.3 is 0 Å². The Morgan fingerprint density at radius 1 is 0.619 bits per heavy atom. The summed E-state index contributed by atoms with van der Waals surface area (Å²) in [5.41, 5.74) is 0. The molecule has 0 spiro atoms. The van der Waals surface area contributed by atoms with Crippen LogP contribution in [0.1, 0.15) is 90.4 Å². The average Bonchev–Trinajstić information content (AvgIpc) is 2.43. The lowest BCUT2D eigenvalue weighted by molar-refractivity contribution is 0.505. The maximum absolute atomic E-state index is 3.23. The summed E-state index contributed by atoms with van der Waals surface area (Å²) in [7, 11) is 6.00. The van der Waals surface area contributed by atoms with Crippen LogP contribution < -0.4 is 4.34 Å². The lowest BCUT2D eigenvalue weighted by Crippen LogP contribution is -1.99. The van der Waals surface area contributed by atoms with Crippen molar-refractivity contribution in [3.05, 3.63) is 0 Å². The molecule has 0 aliphatic carbocycles. The largest absolute Gasteiger partial charge is 0.312 e. The van der Waals surface area contributed by atoms with Crippen LogP contribution in [0.15, 0.2) is 0 Å². The van der Waals surface area contributed by atoms with Gasteiger partial charge in [0.15, 0.2) is 0 Å². The van der Waals surface area contributed by atoms with Crippen molar-refractivity contribution in [1.29, 1.82) is 0 Å². The normalized spacial score (nSPS) is 10.6. The molecule has 130 valence electrons. The monoisotopic (exact) mass is 364 g/mol. The maximum atomic E-state index is 3.23. The van der Waals surface area contributed by atoms with Gasteiger partial charge in [0.25, 0.3) is 0 Å². The topological polar surface area (TPSA) is 15.3 Å². The van der Waals surface area contributed by atoms with Gasteiger partial charge in [-0.05, 0) is 27.6 Å². The summed E-state index contributed by atoms with van der Waals surface area (Å²) in [6.07, 6.45) is 18.6. The molecular weight excluding hydrogens is 324 g/mol. The lowest BCUT2D eigenvalue weighted by Gasteiger charge is -2.02. The Morgan fingerprint density at radius 2 is 0.905 bits per heavy atom. The smallest absolute Gasteiger partial charge is 0.00875 e. The SMILES string of the molecule is CCCCCCCCCCCCCCCNBr.CN(C)C. The minimum absolute atomic E-state index is 1.11. The fourth-order valence-corrected chi connectivity index (χ4v) is 2.49. The second kappa shape index (κ2) is 22.7. The Hall–Kier alpha value is 0.400. The number of nitrogens with one attached hydrogen (secondary N) is 1. The Balaban J connectivity index is 0. The summed E-state index contributed by atoms with van der Waals surface area (Å²) >= 11 is 3.23. The molecule has 0 radical (unpaired) electrons. The predicted molar refractivity (Wildman–Crippen MR) is 102 cm³/mol. The zero-order valence-electron chi connectivity index (χ0n) is 15.2. The van der Waals surface area contributed by atoms with E-state index in [1.54, 1.807) is 0 Å². The molecule has 0 aromatic rings. The van der Waals surface area contributed by atoms with Crippen molar-refractivity contribution in [2.24, 2.45) is 0 Å². The lowest BCUT2D eigenvalue weighted by atomic mass is 10.0. The number of hydrogen-bond acceptors (Lipinski definition) is 2. The van der Waals surface area contributed by atoms with Crippen LogP contribution in [-0.2, 0) is 0 Å². The van der Waals surface area contributed by atoms with E-state index in [0.717, 1.165) is 6.54 Å². The average molecular weight is 365 g/mol. The van der Waals surface area contributed by atoms with Gasteiger partial charge in [0, 0.05) is 22.7 Å². The van der Waals surface area contributed by atoms with Crippen LogP contribution in [0.25, 0.3) is 0 Å². The van der Waals surface area contributed by atoms with Crippen molar-refractivity contribution in [1.82, 2.24) is 9.24 Å². The first-order chi connectivity index (χ1) is 10.1. The van der Waals surface area contributed by atoms with Crippen molar-refractivity contribution in [2.75, 3.05) is 27.7 Å². The first-order valence-corrected chi connectivity index (χ1v) is 9.88. The Labute approximate surface area is 143 Å². The van der Waals surface area contributed by atoms with Crippen LogP contribution in [0.2, 0.25) is 0 Å². The van der Waals surface area contributed by atoms with E-state index >= 15 is 0 Å². The van der Waals surface area contributed by atoms with Crippen molar-refractivity contribution in [3.8, 4) is 0 Å². The molecule has 0 bridgehead atoms. The van der Waals surface area contributed by atoms with Crippen molar-refractivity contribution < 1.29 is 0 Å². The Bertz CT molecular complexity index is 147. The number of unbranched alkanes of at least 4 members (excludes halogenated alkanes) is 12. The van der Waals surface area contributed by atoms with Crippen LogP contribution in [0.5, 0.6) is 0 Å². The third-order valence-corrected chi connectivity index (χ3v) is 3.77. The number of rotatable bonds is 14. The van der Waals surface area contributed by atoms with E-state index in [-0.39, 0.29) is 0 Å². The maximum Gasteiger partial charge on any atom is 0.00875 e. The predicted octanol–water partition coefficient (Wildman–Crippen LogP) is 6.15. The van der Waals surface area contributed by atoms with Gasteiger partial charge < -0.3 is 4.90 Å². The molecule has 0 saturated carbocycles. The second-order valence-electron chi connectivity index (χ2n) is 6.47. The molecule has 1 N–H and O–H groups in total. The van der Waals surface area contributed by atoms with Crippen molar-refractivity contribution >= 4 is 16.1 Å². The number of hydrogen-bond donors (Lipinski definition) is 1. The van der Waals surface area contributed by atoms with Crippen molar-refractivity contribution in [2.45, 2.75) is 90.4 Å². The van der Waals surface area contributed by atoms with Gasteiger partial charge in [-0.3, -0.25) is 4.34 Å². The van der Waals surface area contributed by atoms with E-state index in [9.17, 15) is 0 Å². The first kappa shape index (κ1) is 23.7. The van der Waals surface area contributed by atoms with E-state index in [4.69, 9.17) is 0 Å². The quantitative estimate of drug-likeness (QED) is 0.293. The van der Waals surface area contributed by atoms with Crippen LogP contribution in [-0.4, -0.2) is 32.6 Å². The van der Waals surface area contributed by atoms with Gasteiger partial charge in [-0.1, -0.05) is 84.0 Å². The third kappa shape index (κ3) is 33.3. The Kier molecular flexibility index (Phi) is 25.6. The van der Waals surface area contributed by atoms with E-state index in [1.807, 2.05) is 26.0 Å². The highest BCUT2D eigenvalue weighted by atomic mass is 79.9. The van der Waals surface area contributed by atoms with E-state index < -0.39 is 0 Å². The third-order valence-electron chi connectivity index (χ3n) is 3.37. The molecule has 0 atom stereocenters. The Morgan fingerprint density at radius 3 is 1.19 bits per heavy atom. The molecule has 0 aliphatic rings. The minimum atomic E-state index is 1.11. The first-order valence-electron chi connectivity index (χ1n) is 9.09. The molecule has 0 saturated heterocycles. The summed E-state index contributed by atoms with van der Waals surface area (Å²) in [6.45, 7) is 3.39. The summed E-state index contributed by atoms with van der Waals surface area (Å²) in [4.78, 5) is 2.00. The minimum Gasteiger partial charge on any atom is -0.312 e. The van der Waals surface area contributed by atoms with Gasteiger partial charge in [0.05, 0.1) is 0 Å². The fraction of sp³-hybridized carbons (Fsp3) is 1.00. The molecule has 0 heterocycles. The summed E-state index contributed by atoms with van der Waals surface area (Å²) in [5, 5.41) is 0. The van der Waals surface area contributed by atoms with Crippen molar-refractivity contribution in [3.63, 3.8) is 0 Å². The molecule has 3 heteroatoms. The van der Waals surface area contributed by atoms with Gasteiger partial charge in [-0.2, -0.15) is 0 Å². The molecule has 0 aromatic heterocycles. The number of halogens is 1. The summed E-state index contributed by atoms with van der Waals surface area (Å²) < 4.78 is 3.02. The number of nitrogens with zero attached hydrogens (tertiary/aromatic N) is 1. The zero-order valence-corrected chi connectivity index (χ0v) is 16.8. The second-order valence-corrected chi connectivity index (χ2v) is 7.03. The molecular formula is C18H41BrN2. The molecule has 0 unspecified atom stereocenters. The van der Waals surface area contributed by atoms with Crippen LogP contribution >= 0.6 is 16.1 Å². The van der Waals surface area contributed by atoms with E-state index in [1.165, 1.54) is 83.5 Å². The molecule has 21 heavy (non-hydrogen) atoms. The van der Waals surface area contributed by atoms with Gasteiger partial charge in [-0.25, -0.2) is 0 Å². The van der Waals surface area contributed by atoms with Crippen LogP contribution in [0.3, 0.4) is 0 Å². The van der Waals surface area contributed by atoms with Gasteiger partial charge in [0.1, 0.15) is 0 Å². The highest BCUT2D eigenvalue weighted by Gasteiger charge is 1.93. The fourth-order valence-electron chi connectivity index (χ4n) is 2.21. The zero-order chi connectivity index (χ0) is 16.2. The highest BCUT2D eigenvalue weighted by Crippen LogP contribution is 2.12. The van der Waals surface area contributed by atoms with Gasteiger partial charge in [0.2, 0.25) is 0 Å². The van der Waals surface area contributed by atoms with E-state index in [0.29, 0.717) is 0 Å². The highest BCUT2D eigenvalue weighted by molar-refractivity contribution is 9.08.